The molecule has 2 heterocycles. The van der Waals surface area contributed by atoms with Gasteiger partial charge in [0.15, 0.2) is 11.5 Å². The highest BCUT2D eigenvalue weighted by Gasteiger charge is 2.19. The Bertz CT molecular complexity index is 1390. The van der Waals surface area contributed by atoms with Gasteiger partial charge in [0.25, 0.3) is 5.56 Å². The van der Waals surface area contributed by atoms with Gasteiger partial charge in [0.05, 0.1) is 11.0 Å². The summed E-state index contributed by atoms with van der Waals surface area (Å²) in [7, 11) is 0. The molecule has 8 nitrogen and oxygen atoms in total. The molecule has 0 saturated heterocycles. The number of hydrogen-bond donors (Lipinski definition) is 1. The molecule has 2 aliphatic heterocycles. The van der Waals surface area contributed by atoms with E-state index in [2.05, 4.69) is 15.0 Å². The SMILES string of the molecule is Cc1cc2nc3c(=O)[nH]c(=O)nc-3n(CCCCCCC(=O)OCc3ccccc3)c2cc1C. The lowest BCUT2D eigenvalue weighted by Gasteiger charge is -2.17. The van der Waals surface area contributed by atoms with Crippen LogP contribution >= 0.6 is 0 Å². The molecule has 4 rings (SSSR count). The summed E-state index contributed by atoms with van der Waals surface area (Å²) in [5.74, 6) is 0.107. The molecule has 0 aromatic heterocycles. The number of carbonyl (C=O) groups is 1. The van der Waals surface area contributed by atoms with Gasteiger partial charge in [-0.25, -0.2) is 9.78 Å². The Morgan fingerprint density at radius 3 is 2.50 bits per heavy atom. The lowest BCUT2D eigenvalue weighted by atomic mass is 10.1. The first kappa shape index (κ1) is 23.4. The minimum Gasteiger partial charge on any atom is -0.461 e. The number of hydrogen-bond acceptors (Lipinski definition) is 6. The van der Waals surface area contributed by atoms with Crippen molar-refractivity contribution in [1.29, 1.82) is 0 Å². The summed E-state index contributed by atoms with van der Waals surface area (Å²) in [6, 6.07) is 13.6. The van der Waals surface area contributed by atoms with Crippen molar-refractivity contribution < 1.29 is 9.53 Å². The van der Waals surface area contributed by atoms with Gasteiger partial charge in [-0.3, -0.25) is 14.6 Å². The molecule has 2 aromatic rings. The standard InChI is InChI=1S/C26H28N4O4/c1-17-14-20-21(15-18(17)2)30(24-23(27-20)25(32)29-26(33)28-24)13-9-4-3-8-12-22(31)34-16-19-10-6-5-7-11-19/h5-7,10-11,14-15H,3-4,8-9,12-13,16H2,1-2H3,(H,29,32,33). The maximum atomic E-state index is 12.4. The van der Waals surface area contributed by atoms with Gasteiger partial charge in [-0.1, -0.05) is 43.2 Å². The van der Waals surface area contributed by atoms with Crippen LogP contribution in [0.4, 0.5) is 0 Å². The van der Waals surface area contributed by atoms with Crippen LogP contribution in [0.2, 0.25) is 0 Å². The van der Waals surface area contributed by atoms with E-state index in [9.17, 15) is 14.4 Å². The number of aromatic nitrogens is 4. The van der Waals surface area contributed by atoms with E-state index in [1.165, 1.54) is 0 Å². The second kappa shape index (κ2) is 10.4. The number of H-pyrrole nitrogens is 1. The molecule has 2 aliphatic rings. The van der Waals surface area contributed by atoms with E-state index in [4.69, 9.17) is 4.74 Å². The fourth-order valence-corrected chi connectivity index (χ4v) is 3.98. The summed E-state index contributed by atoms with van der Waals surface area (Å²) >= 11 is 0. The van der Waals surface area contributed by atoms with Gasteiger partial charge < -0.3 is 9.30 Å². The van der Waals surface area contributed by atoms with Crippen LogP contribution in [0.1, 0.15) is 48.8 Å². The maximum Gasteiger partial charge on any atom is 0.349 e. The van der Waals surface area contributed by atoms with Crippen molar-refractivity contribution in [2.75, 3.05) is 0 Å². The molecule has 176 valence electrons. The highest BCUT2D eigenvalue weighted by molar-refractivity contribution is 5.81. The molecular formula is C26H28N4O4. The Kier molecular flexibility index (Phi) is 7.15. The van der Waals surface area contributed by atoms with Crippen molar-refractivity contribution in [1.82, 2.24) is 19.5 Å². The van der Waals surface area contributed by atoms with Crippen LogP contribution in [0.3, 0.4) is 0 Å². The molecular weight excluding hydrogens is 432 g/mol. The lowest BCUT2D eigenvalue weighted by Crippen LogP contribution is -2.29. The number of esters is 1. The summed E-state index contributed by atoms with van der Waals surface area (Å²) in [6.45, 7) is 4.90. The normalized spacial score (nSPS) is 11.2. The highest BCUT2D eigenvalue weighted by atomic mass is 16.5. The number of unbranched alkanes of at least 4 members (excludes halogenated alkanes) is 3. The number of nitrogens with zero attached hydrogens (tertiary/aromatic N) is 3. The predicted octanol–water partition coefficient (Wildman–Crippen LogP) is 3.90. The van der Waals surface area contributed by atoms with E-state index in [0.29, 0.717) is 30.9 Å². The first-order valence-corrected chi connectivity index (χ1v) is 11.5. The molecule has 8 heteroatoms. The highest BCUT2D eigenvalue weighted by Crippen LogP contribution is 2.24. The van der Waals surface area contributed by atoms with Crippen molar-refractivity contribution in [3.8, 4) is 11.5 Å². The van der Waals surface area contributed by atoms with Crippen molar-refractivity contribution in [3.05, 3.63) is 80.0 Å². The van der Waals surface area contributed by atoms with Crippen LogP contribution in [0, 0.1) is 13.8 Å². The van der Waals surface area contributed by atoms with Crippen molar-refractivity contribution in [3.63, 3.8) is 0 Å². The Morgan fingerprint density at radius 2 is 1.71 bits per heavy atom. The quantitative estimate of drug-likeness (QED) is 0.231. The molecule has 0 saturated carbocycles. The molecule has 2 aromatic carbocycles. The van der Waals surface area contributed by atoms with Crippen LogP contribution in [-0.2, 0) is 22.7 Å². The number of rotatable bonds is 9. The number of nitrogens with one attached hydrogen (secondary N) is 1. The largest absolute Gasteiger partial charge is 0.461 e. The van der Waals surface area contributed by atoms with Crippen LogP contribution < -0.4 is 11.2 Å². The summed E-state index contributed by atoms with van der Waals surface area (Å²) in [5, 5.41) is 0. The third-order valence-corrected chi connectivity index (χ3v) is 5.98. The van der Waals surface area contributed by atoms with Gasteiger partial charge in [0.1, 0.15) is 6.61 Å². The second-order valence-corrected chi connectivity index (χ2v) is 8.54. The molecule has 34 heavy (non-hydrogen) atoms. The predicted molar refractivity (Wildman–Crippen MR) is 130 cm³/mol. The fraction of sp³-hybridized carbons (Fsp3) is 0.346. The van der Waals surface area contributed by atoms with Gasteiger partial charge in [-0.2, -0.15) is 4.98 Å². The topological polar surface area (TPSA) is 107 Å². The summed E-state index contributed by atoms with van der Waals surface area (Å²) in [5.41, 5.74) is 3.65. The number of aryl methyl sites for hydroxylation is 3. The van der Waals surface area contributed by atoms with Crippen molar-refractivity contribution >= 4 is 17.0 Å². The first-order valence-electron chi connectivity index (χ1n) is 11.5. The van der Waals surface area contributed by atoms with Gasteiger partial charge in [0.2, 0.25) is 0 Å². The minimum atomic E-state index is -0.676. The fourth-order valence-electron chi connectivity index (χ4n) is 3.98. The molecule has 0 atom stereocenters. The van der Waals surface area contributed by atoms with Crippen molar-refractivity contribution in [2.24, 2.45) is 0 Å². The first-order chi connectivity index (χ1) is 16.4. The number of fused-ring (bicyclic) bond motifs is 2. The Balaban J connectivity index is 1.38. The third-order valence-electron chi connectivity index (χ3n) is 5.98. The molecule has 0 radical (unpaired) electrons. The third kappa shape index (κ3) is 5.39. The van der Waals surface area contributed by atoms with Gasteiger partial charge in [0, 0.05) is 13.0 Å². The number of ether oxygens (including phenoxy) is 1. The zero-order chi connectivity index (χ0) is 24.1. The van der Waals surface area contributed by atoms with Crippen LogP contribution in [-0.4, -0.2) is 25.5 Å². The van der Waals surface area contributed by atoms with Crippen molar-refractivity contribution in [2.45, 2.75) is 59.1 Å². The number of aromatic amines is 1. The summed E-state index contributed by atoms with van der Waals surface area (Å²) < 4.78 is 7.23. The molecule has 0 aliphatic carbocycles. The monoisotopic (exact) mass is 460 g/mol. The Hall–Kier alpha value is -3.81. The van der Waals surface area contributed by atoms with Crippen LogP contribution in [0.15, 0.2) is 52.1 Å². The van der Waals surface area contributed by atoms with E-state index >= 15 is 0 Å². The van der Waals surface area contributed by atoms with Crippen LogP contribution in [0.5, 0.6) is 0 Å². The smallest absolute Gasteiger partial charge is 0.349 e. The van der Waals surface area contributed by atoms with E-state index in [-0.39, 0.29) is 11.7 Å². The number of benzene rings is 2. The molecule has 0 bridgehead atoms. The van der Waals surface area contributed by atoms with E-state index in [1.54, 1.807) is 0 Å². The van der Waals surface area contributed by atoms with Gasteiger partial charge >= 0.3 is 11.7 Å². The van der Waals surface area contributed by atoms with E-state index < -0.39 is 11.2 Å². The van der Waals surface area contributed by atoms with Gasteiger partial charge in [-0.15, -0.1) is 0 Å². The van der Waals surface area contributed by atoms with Gasteiger partial charge in [-0.05, 0) is 55.5 Å². The summed E-state index contributed by atoms with van der Waals surface area (Å²) in [4.78, 5) is 47.0. The Morgan fingerprint density at radius 1 is 0.971 bits per heavy atom. The maximum absolute atomic E-state index is 12.4. The molecule has 1 N–H and O–H groups in total. The van der Waals surface area contributed by atoms with E-state index in [0.717, 1.165) is 47.9 Å². The molecule has 0 fully saturated rings. The lowest BCUT2D eigenvalue weighted by molar-refractivity contribution is -0.145. The second-order valence-electron chi connectivity index (χ2n) is 8.54. The average Bonchev–Trinajstić information content (AvgIpc) is 2.81. The zero-order valence-corrected chi connectivity index (χ0v) is 19.5. The van der Waals surface area contributed by atoms with Crippen LogP contribution in [0.25, 0.3) is 22.6 Å². The average molecular weight is 461 g/mol. The number of carbonyl (C=O) groups excluding carboxylic acids is 1. The minimum absolute atomic E-state index is 0.163. The van der Waals surface area contributed by atoms with E-state index in [1.807, 2.05) is 60.9 Å². The summed E-state index contributed by atoms with van der Waals surface area (Å²) in [6.07, 6.45) is 3.71. The Labute approximate surface area is 197 Å². The molecule has 0 spiro atoms. The molecule has 0 unspecified atom stereocenters. The molecule has 0 amide bonds. The zero-order valence-electron chi connectivity index (χ0n) is 19.5.